The van der Waals surface area contributed by atoms with Crippen molar-refractivity contribution in [2.75, 3.05) is 0 Å². The largest absolute Gasteiger partial charge is 0.435 e. The number of fused-ring (bicyclic) bond motifs is 1. The van der Waals surface area contributed by atoms with Crippen molar-refractivity contribution in [1.82, 2.24) is 4.90 Å². The molecule has 0 fully saturated rings. The number of hydrogen-bond donors (Lipinski definition) is 1. The highest BCUT2D eigenvalue weighted by Gasteiger charge is 2.40. The number of carbonyl (C=O) groups excluding carboxylic acids is 2. The molecule has 0 bridgehead atoms. The molecule has 2 amide bonds. The second kappa shape index (κ2) is 9.18. The molecule has 0 heterocycles. The van der Waals surface area contributed by atoms with Gasteiger partial charge in [0, 0.05) is 5.56 Å². The zero-order chi connectivity index (χ0) is 22.7. The van der Waals surface area contributed by atoms with Crippen LogP contribution in [-0.4, -0.2) is 23.3 Å². The van der Waals surface area contributed by atoms with Gasteiger partial charge in [0.25, 0.3) is 5.91 Å². The van der Waals surface area contributed by atoms with Crippen LogP contribution in [0.2, 0.25) is 0 Å². The standard InChI is InChI=1S/C25H22F2N2O3/c26-25(27)32-21-13-7-12-18-19(21)14-15-20(18)29(24(31)17-10-5-2-6-11-17)22(23(28)30)16-8-3-1-4-9-16/h1-13,20,22,25H,14-15H2,(H2,28,30)/t20-,22+/m1/s1. The Balaban J connectivity index is 1.83. The Morgan fingerprint density at radius 3 is 2.22 bits per heavy atom. The summed E-state index contributed by atoms with van der Waals surface area (Å²) in [4.78, 5) is 27.8. The van der Waals surface area contributed by atoms with E-state index in [0.29, 0.717) is 35.1 Å². The minimum absolute atomic E-state index is 0.0856. The lowest BCUT2D eigenvalue weighted by molar-refractivity contribution is -0.123. The molecule has 1 aliphatic carbocycles. The van der Waals surface area contributed by atoms with Gasteiger partial charge in [-0.2, -0.15) is 8.78 Å². The van der Waals surface area contributed by atoms with Gasteiger partial charge in [0.15, 0.2) is 0 Å². The molecule has 0 spiro atoms. The van der Waals surface area contributed by atoms with Crippen molar-refractivity contribution in [3.8, 4) is 5.75 Å². The van der Waals surface area contributed by atoms with E-state index in [-0.39, 0.29) is 11.7 Å². The minimum Gasteiger partial charge on any atom is -0.435 e. The molecule has 2 N–H and O–H groups in total. The van der Waals surface area contributed by atoms with E-state index in [1.807, 2.05) is 6.07 Å². The van der Waals surface area contributed by atoms with Gasteiger partial charge in [-0.15, -0.1) is 0 Å². The van der Waals surface area contributed by atoms with Crippen molar-refractivity contribution in [2.24, 2.45) is 5.73 Å². The number of halogens is 2. The molecular formula is C25H22F2N2O3. The quantitative estimate of drug-likeness (QED) is 0.586. The van der Waals surface area contributed by atoms with E-state index >= 15 is 0 Å². The summed E-state index contributed by atoms with van der Waals surface area (Å²) in [5, 5.41) is 0. The maximum absolute atomic E-state index is 13.7. The smallest absolute Gasteiger partial charge is 0.387 e. The highest BCUT2D eigenvalue weighted by atomic mass is 19.3. The van der Waals surface area contributed by atoms with E-state index in [1.165, 1.54) is 11.0 Å². The van der Waals surface area contributed by atoms with Crippen molar-refractivity contribution >= 4 is 11.8 Å². The van der Waals surface area contributed by atoms with Gasteiger partial charge < -0.3 is 15.4 Å². The fourth-order valence-electron chi connectivity index (χ4n) is 4.36. The Bertz CT molecular complexity index is 1110. The first-order valence-corrected chi connectivity index (χ1v) is 10.3. The van der Waals surface area contributed by atoms with Crippen LogP contribution >= 0.6 is 0 Å². The first kappa shape index (κ1) is 21.5. The predicted molar refractivity (Wildman–Crippen MR) is 115 cm³/mol. The van der Waals surface area contributed by atoms with Crippen LogP contribution in [0.1, 0.15) is 45.6 Å². The first-order valence-electron chi connectivity index (χ1n) is 10.3. The van der Waals surface area contributed by atoms with Crippen LogP contribution in [0.4, 0.5) is 8.78 Å². The van der Waals surface area contributed by atoms with E-state index < -0.39 is 24.6 Å². The van der Waals surface area contributed by atoms with Gasteiger partial charge in [-0.1, -0.05) is 60.7 Å². The topological polar surface area (TPSA) is 72.6 Å². The van der Waals surface area contributed by atoms with Crippen molar-refractivity contribution in [3.63, 3.8) is 0 Å². The molecule has 3 aromatic carbocycles. The van der Waals surface area contributed by atoms with Gasteiger partial charge in [0.2, 0.25) is 5.91 Å². The Kier molecular flexibility index (Phi) is 6.16. The second-order valence-corrected chi connectivity index (χ2v) is 7.55. The predicted octanol–water partition coefficient (Wildman–Crippen LogP) is 4.64. The van der Waals surface area contributed by atoms with Crippen LogP contribution in [0.15, 0.2) is 78.9 Å². The molecule has 2 atom stereocenters. The minimum atomic E-state index is -2.95. The Morgan fingerprint density at radius 1 is 0.938 bits per heavy atom. The van der Waals surface area contributed by atoms with E-state index in [1.54, 1.807) is 66.7 Å². The summed E-state index contributed by atoms with van der Waals surface area (Å²) >= 11 is 0. The van der Waals surface area contributed by atoms with Gasteiger partial charge in [-0.25, -0.2) is 0 Å². The van der Waals surface area contributed by atoms with E-state index in [4.69, 9.17) is 10.5 Å². The first-order chi connectivity index (χ1) is 15.5. The van der Waals surface area contributed by atoms with E-state index in [2.05, 4.69) is 0 Å². The van der Waals surface area contributed by atoms with Gasteiger partial charge in [0.05, 0.1) is 6.04 Å². The summed E-state index contributed by atoms with van der Waals surface area (Å²) in [6.45, 7) is -2.95. The lowest BCUT2D eigenvalue weighted by Crippen LogP contribution is -2.43. The fourth-order valence-corrected chi connectivity index (χ4v) is 4.36. The molecule has 0 unspecified atom stereocenters. The maximum Gasteiger partial charge on any atom is 0.387 e. The van der Waals surface area contributed by atoms with Gasteiger partial charge >= 0.3 is 6.61 Å². The number of hydrogen-bond acceptors (Lipinski definition) is 3. The van der Waals surface area contributed by atoms with Gasteiger partial charge in [-0.05, 0) is 47.7 Å². The maximum atomic E-state index is 13.7. The number of rotatable bonds is 7. The molecule has 0 saturated heterocycles. The molecule has 0 aliphatic heterocycles. The van der Waals surface area contributed by atoms with Crippen LogP contribution in [0.25, 0.3) is 0 Å². The normalized spacial score (nSPS) is 15.8. The van der Waals surface area contributed by atoms with Crippen LogP contribution in [-0.2, 0) is 11.2 Å². The number of nitrogens with two attached hydrogens (primary N) is 1. The average molecular weight is 436 g/mol. The lowest BCUT2D eigenvalue weighted by atomic mass is 9.98. The van der Waals surface area contributed by atoms with Crippen LogP contribution in [0, 0.1) is 0 Å². The molecule has 32 heavy (non-hydrogen) atoms. The zero-order valence-corrected chi connectivity index (χ0v) is 17.2. The van der Waals surface area contributed by atoms with Crippen molar-refractivity contribution in [1.29, 1.82) is 0 Å². The van der Waals surface area contributed by atoms with Crippen LogP contribution in [0.3, 0.4) is 0 Å². The molecule has 0 radical (unpaired) electrons. The second-order valence-electron chi connectivity index (χ2n) is 7.55. The number of nitrogens with zero attached hydrogens (tertiary/aromatic N) is 1. The molecular weight excluding hydrogens is 414 g/mol. The summed E-state index contributed by atoms with van der Waals surface area (Å²) in [5.74, 6) is -0.951. The number of primary amides is 1. The third kappa shape index (κ3) is 4.19. The van der Waals surface area contributed by atoms with Crippen LogP contribution < -0.4 is 10.5 Å². The fraction of sp³-hybridized carbons (Fsp3) is 0.200. The molecule has 3 aromatic rings. The summed E-state index contributed by atoms with van der Waals surface area (Å²) in [6.07, 6.45) is 0.885. The van der Waals surface area contributed by atoms with Crippen molar-refractivity contribution in [3.05, 3.63) is 101 Å². The Labute approximate surface area is 184 Å². The van der Waals surface area contributed by atoms with Gasteiger partial charge in [0.1, 0.15) is 11.8 Å². The number of benzene rings is 3. The number of ether oxygens (including phenoxy) is 1. The average Bonchev–Trinajstić information content (AvgIpc) is 3.22. The monoisotopic (exact) mass is 436 g/mol. The highest BCUT2D eigenvalue weighted by molar-refractivity contribution is 5.98. The SMILES string of the molecule is NC(=O)[C@H](c1ccccc1)N(C(=O)c1ccccc1)[C@@H]1CCc2c(OC(F)F)cccc21. The molecule has 4 rings (SSSR count). The third-order valence-electron chi connectivity index (χ3n) is 5.67. The number of amides is 2. The van der Waals surface area contributed by atoms with E-state index in [9.17, 15) is 18.4 Å². The van der Waals surface area contributed by atoms with Crippen molar-refractivity contribution in [2.45, 2.75) is 31.5 Å². The van der Waals surface area contributed by atoms with Crippen molar-refractivity contribution < 1.29 is 23.1 Å². The summed E-state index contributed by atoms with van der Waals surface area (Å²) in [5.41, 5.74) is 8.09. The van der Waals surface area contributed by atoms with Crippen LogP contribution in [0.5, 0.6) is 5.75 Å². The summed E-state index contributed by atoms with van der Waals surface area (Å²) in [6, 6.07) is 20.8. The Morgan fingerprint density at radius 2 is 1.59 bits per heavy atom. The summed E-state index contributed by atoms with van der Waals surface area (Å²) in [7, 11) is 0. The third-order valence-corrected chi connectivity index (χ3v) is 5.67. The zero-order valence-electron chi connectivity index (χ0n) is 17.2. The Hall–Kier alpha value is -3.74. The number of alkyl halides is 2. The van der Waals surface area contributed by atoms with Gasteiger partial charge in [-0.3, -0.25) is 9.59 Å². The molecule has 1 aliphatic rings. The molecule has 7 heteroatoms. The molecule has 164 valence electrons. The van der Waals surface area contributed by atoms with E-state index in [0.717, 1.165) is 0 Å². The number of carbonyl (C=O) groups is 2. The molecule has 5 nitrogen and oxygen atoms in total. The lowest BCUT2D eigenvalue weighted by Gasteiger charge is -2.36. The molecule has 0 saturated carbocycles. The highest BCUT2D eigenvalue weighted by Crippen LogP contribution is 2.44. The summed E-state index contributed by atoms with van der Waals surface area (Å²) < 4.78 is 30.5. The molecule has 0 aromatic heterocycles.